The molecular weight excluding hydrogens is 180 g/mol. The smallest absolute Gasteiger partial charge is 0.193 e. The average molecular weight is 190 g/mol. The van der Waals surface area contributed by atoms with Crippen molar-refractivity contribution in [2.75, 3.05) is 14.2 Å². The summed E-state index contributed by atoms with van der Waals surface area (Å²) in [5.74, 6) is 6.28. The number of carbonyl (C=O) groups is 1. The maximum atomic E-state index is 10.1. The molecule has 0 fully saturated rings. The van der Waals surface area contributed by atoms with E-state index >= 15 is 0 Å². The van der Waals surface area contributed by atoms with Crippen molar-refractivity contribution in [1.82, 2.24) is 0 Å². The van der Waals surface area contributed by atoms with Gasteiger partial charge in [0.25, 0.3) is 0 Å². The molecule has 0 aromatic heterocycles. The van der Waals surface area contributed by atoms with Crippen molar-refractivity contribution in [1.29, 1.82) is 0 Å². The lowest BCUT2D eigenvalue weighted by Gasteiger charge is -2.05. The molecule has 0 amide bonds. The number of ether oxygens (including phenoxy) is 2. The lowest BCUT2D eigenvalue weighted by Crippen LogP contribution is -1.90. The molecule has 0 radical (unpaired) electrons. The maximum Gasteiger partial charge on any atom is 0.193 e. The van der Waals surface area contributed by atoms with Crippen LogP contribution in [-0.4, -0.2) is 20.5 Å². The number of hydrogen-bond acceptors (Lipinski definition) is 3. The number of rotatable bonds is 2. The van der Waals surface area contributed by atoms with Crippen LogP contribution < -0.4 is 9.47 Å². The van der Waals surface area contributed by atoms with Crippen LogP contribution in [0.4, 0.5) is 0 Å². The Bertz CT molecular complexity index is 385. The molecular formula is C11H10O3. The van der Waals surface area contributed by atoms with E-state index in [0.29, 0.717) is 23.3 Å². The molecule has 0 heterocycles. The summed E-state index contributed by atoms with van der Waals surface area (Å²) in [7, 11) is 3.12. The standard InChI is InChI=1S/C11H10O3/c1-13-10-6-5-9(4-3-7-12)11(8-10)14-2/h5-8H,1-2H3. The second-order valence-electron chi connectivity index (χ2n) is 2.45. The van der Waals surface area contributed by atoms with E-state index in [4.69, 9.17) is 9.47 Å². The Labute approximate surface area is 82.6 Å². The number of aldehydes is 1. The first-order valence-corrected chi connectivity index (χ1v) is 3.99. The second kappa shape index (κ2) is 4.93. The Morgan fingerprint density at radius 3 is 2.64 bits per heavy atom. The molecule has 1 aromatic carbocycles. The fraction of sp³-hybridized carbons (Fsp3) is 0.182. The zero-order chi connectivity index (χ0) is 10.4. The van der Waals surface area contributed by atoms with E-state index < -0.39 is 0 Å². The van der Waals surface area contributed by atoms with Gasteiger partial charge in [0.2, 0.25) is 0 Å². The summed E-state index contributed by atoms with van der Waals surface area (Å²) in [5, 5.41) is 0. The zero-order valence-corrected chi connectivity index (χ0v) is 8.03. The van der Waals surface area contributed by atoms with E-state index in [1.807, 2.05) is 0 Å². The predicted octanol–water partition coefficient (Wildman–Crippen LogP) is 1.25. The summed E-state index contributed by atoms with van der Waals surface area (Å²) < 4.78 is 10.1. The van der Waals surface area contributed by atoms with Crippen LogP contribution in [0.15, 0.2) is 18.2 Å². The molecule has 0 saturated carbocycles. The summed E-state index contributed by atoms with van der Waals surface area (Å²) in [6, 6.07) is 5.22. The van der Waals surface area contributed by atoms with Crippen molar-refractivity contribution in [3.63, 3.8) is 0 Å². The third kappa shape index (κ3) is 2.27. The molecule has 72 valence electrons. The second-order valence-corrected chi connectivity index (χ2v) is 2.45. The van der Waals surface area contributed by atoms with Gasteiger partial charge >= 0.3 is 0 Å². The molecule has 0 N–H and O–H groups in total. The SMILES string of the molecule is COc1ccc(C#CC=O)c(OC)c1. The summed E-state index contributed by atoms with van der Waals surface area (Å²) >= 11 is 0. The van der Waals surface area contributed by atoms with Crippen molar-refractivity contribution in [2.45, 2.75) is 0 Å². The third-order valence-corrected chi connectivity index (χ3v) is 1.67. The molecule has 0 bridgehead atoms. The first kappa shape index (κ1) is 10.1. The fourth-order valence-corrected chi connectivity index (χ4v) is 1.01. The van der Waals surface area contributed by atoms with Gasteiger partial charge in [0, 0.05) is 6.07 Å². The van der Waals surface area contributed by atoms with Crippen LogP contribution in [0.25, 0.3) is 0 Å². The van der Waals surface area contributed by atoms with Crippen LogP contribution >= 0.6 is 0 Å². The van der Waals surface area contributed by atoms with Gasteiger partial charge in [-0.05, 0) is 18.1 Å². The summed E-state index contributed by atoms with van der Waals surface area (Å²) in [5.41, 5.74) is 0.667. The molecule has 0 aliphatic carbocycles. The van der Waals surface area contributed by atoms with Crippen molar-refractivity contribution in [2.24, 2.45) is 0 Å². The van der Waals surface area contributed by atoms with Gasteiger partial charge in [-0.1, -0.05) is 5.92 Å². The van der Waals surface area contributed by atoms with Gasteiger partial charge in [-0.3, -0.25) is 4.79 Å². The summed E-state index contributed by atoms with van der Waals surface area (Å²) in [6.07, 6.45) is 0.545. The van der Waals surface area contributed by atoms with Crippen LogP contribution in [-0.2, 0) is 4.79 Å². The number of benzene rings is 1. The van der Waals surface area contributed by atoms with E-state index in [-0.39, 0.29) is 0 Å². The highest BCUT2D eigenvalue weighted by molar-refractivity contribution is 5.74. The molecule has 0 aliphatic heterocycles. The van der Waals surface area contributed by atoms with Crippen molar-refractivity contribution in [3.05, 3.63) is 23.8 Å². The highest BCUT2D eigenvalue weighted by Gasteiger charge is 2.01. The molecule has 3 nitrogen and oxygen atoms in total. The van der Waals surface area contributed by atoms with E-state index in [1.54, 1.807) is 32.4 Å². The number of hydrogen-bond donors (Lipinski definition) is 0. The highest BCUT2D eigenvalue weighted by atomic mass is 16.5. The van der Waals surface area contributed by atoms with Gasteiger partial charge in [0.15, 0.2) is 6.29 Å². The Morgan fingerprint density at radius 2 is 2.07 bits per heavy atom. The summed E-state index contributed by atoms with van der Waals surface area (Å²) in [6.45, 7) is 0. The van der Waals surface area contributed by atoms with E-state index in [2.05, 4.69) is 11.8 Å². The predicted molar refractivity (Wildman–Crippen MR) is 52.5 cm³/mol. The largest absolute Gasteiger partial charge is 0.497 e. The molecule has 14 heavy (non-hydrogen) atoms. The minimum atomic E-state index is 0.545. The Morgan fingerprint density at radius 1 is 1.29 bits per heavy atom. The Balaban J connectivity index is 3.11. The zero-order valence-electron chi connectivity index (χ0n) is 8.03. The van der Waals surface area contributed by atoms with Gasteiger partial charge < -0.3 is 9.47 Å². The van der Waals surface area contributed by atoms with Crippen LogP contribution in [0.3, 0.4) is 0 Å². The first-order chi connectivity index (χ1) is 6.81. The minimum Gasteiger partial charge on any atom is -0.497 e. The van der Waals surface area contributed by atoms with Gasteiger partial charge in [-0.25, -0.2) is 0 Å². The molecule has 0 saturated heterocycles. The fourth-order valence-electron chi connectivity index (χ4n) is 1.01. The van der Waals surface area contributed by atoms with Crippen molar-refractivity contribution < 1.29 is 14.3 Å². The van der Waals surface area contributed by atoms with E-state index in [0.717, 1.165) is 0 Å². The van der Waals surface area contributed by atoms with Crippen LogP contribution in [0, 0.1) is 11.8 Å². The summed E-state index contributed by atoms with van der Waals surface area (Å²) in [4.78, 5) is 10.1. The topological polar surface area (TPSA) is 35.5 Å². The molecule has 0 aliphatic rings. The van der Waals surface area contributed by atoms with Crippen molar-refractivity contribution >= 4 is 6.29 Å². The van der Waals surface area contributed by atoms with Crippen LogP contribution in [0.2, 0.25) is 0 Å². The lowest BCUT2D eigenvalue weighted by molar-refractivity contribution is -0.103. The van der Waals surface area contributed by atoms with Crippen LogP contribution in [0.5, 0.6) is 11.5 Å². The molecule has 0 atom stereocenters. The quantitative estimate of drug-likeness (QED) is 0.520. The molecule has 0 unspecified atom stereocenters. The molecule has 3 heteroatoms. The molecule has 1 rings (SSSR count). The van der Waals surface area contributed by atoms with E-state index in [1.165, 1.54) is 0 Å². The molecule has 1 aromatic rings. The number of methoxy groups -OCH3 is 2. The van der Waals surface area contributed by atoms with E-state index in [9.17, 15) is 4.79 Å². The normalized spacial score (nSPS) is 8.43. The Hall–Kier alpha value is -1.95. The van der Waals surface area contributed by atoms with Gasteiger partial charge in [-0.2, -0.15) is 0 Å². The van der Waals surface area contributed by atoms with Crippen LogP contribution in [0.1, 0.15) is 5.56 Å². The number of carbonyl (C=O) groups excluding carboxylic acids is 1. The lowest BCUT2D eigenvalue weighted by atomic mass is 10.2. The monoisotopic (exact) mass is 190 g/mol. The van der Waals surface area contributed by atoms with Gasteiger partial charge in [0.1, 0.15) is 11.5 Å². The maximum absolute atomic E-state index is 10.1. The minimum absolute atomic E-state index is 0.545. The van der Waals surface area contributed by atoms with Crippen molar-refractivity contribution in [3.8, 4) is 23.3 Å². The Kier molecular flexibility index (Phi) is 3.57. The average Bonchev–Trinajstić information content (AvgIpc) is 2.26. The van der Waals surface area contributed by atoms with Gasteiger partial charge in [0.05, 0.1) is 19.8 Å². The highest BCUT2D eigenvalue weighted by Crippen LogP contribution is 2.23. The first-order valence-electron chi connectivity index (χ1n) is 3.99. The third-order valence-electron chi connectivity index (χ3n) is 1.67. The molecule has 0 spiro atoms. The van der Waals surface area contributed by atoms with Gasteiger partial charge in [-0.15, -0.1) is 0 Å².